The predicted octanol–water partition coefficient (Wildman–Crippen LogP) is 8.01. The van der Waals surface area contributed by atoms with Crippen molar-refractivity contribution in [2.45, 2.75) is 96.0 Å². The fraction of sp³-hybridized carbons (Fsp3) is 0.500. The van der Waals surface area contributed by atoms with E-state index in [9.17, 15) is 14.4 Å². The summed E-state index contributed by atoms with van der Waals surface area (Å²) in [4.78, 5) is 35.9. The van der Waals surface area contributed by atoms with E-state index in [0.29, 0.717) is 30.1 Å². The second kappa shape index (κ2) is 18.7. The average molecular weight is 565 g/mol. The molecular weight excluding hydrogens is 520 g/mol. The van der Waals surface area contributed by atoms with Crippen LogP contribution in [0.5, 0.6) is 11.5 Å². The first-order chi connectivity index (χ1) is 20.0. The number of unbranched alkanes of at least 4 members (excludes halogenated alkanes) is 8. The van der Waals surface area contributed by atoms with Crippen LogP contribution in [0.25, 0.3) is 0 Å². The molecule has 0 atom stereocenters. The van der Waals surface area contributed by atoms with Crippen molar-refractivity contribution in [1.82, 2.24) is 0 Å². The minimum atomic E-state index is -0.467. The van der Waals surface area contributed by atoms with Crippen molar-refractivity contribution in [2.75, 3.05) is 13.2 Å². The Bertz CT molecular complexity index is 1070. The first-order valence-corrected chi connectivity index (χ1v) is 15.1. The Morgan fingerprint density at radius 2 is 1.17 bits per heavy atom. The van der Waals surface area contributed by atoms with Gasteiger partial charge in [0.05, 0.1) is 24.3 Å². The Morgan fingerprint density at radius 1 is 0.659 bits per heavy atom. The summed E-state index contributed by atoms with van der Waals surface area (Å²) in [6.07, 6.45) is 16.6. The fourth-order valence-electron chi connectivity index (χ4n) is 4.78. The molecule has 0 amide bonds. The number of hydrogen-bond donors (Lipinski definition) is 0. The summed E-state index contributed by atoms with van der Waals surface area (Å²) in [5.41, 5.74) is 0.880. The Labute approximate surface area is 244 Å². The molecule has 0 radical (unpaired) electrons. The van der Waals surface area contributed by atoms with Crippen molar-refractivity contribution in [2.24, 2.45) is 0 Å². The van der Waals surface area contributed by atoms with Crippen LogP contribution in [-0.4, -0.2) is 37.2 Å². The van der Waals surface area contributed by atoms with E-state index < -0.39 is 5.97 Å². The average Bonchev–Trinajstić information content (AvgIpc) is 3.00. The van der Waals surface area contributed by atoms with Crippen molar-refractivity contribution < 1.29 is 33.3 Å². The molecule has 0 spiro atoms. The molecule has 2 aromatic rings. The van der Waals surface area contributed by atoms with Crippen LogP contribution in [0.4, 0.5) is 0 Å². The van der Waals surface area contributed by atoms with E-state index in [2.05, 4.69) is 6.58 Å². The number of carbonyl (C=O) groups is 3. The van der Waals surface area contributed by atoms with Crippen molar-refractivity contribution in [3.05, 3.63) is 72.3 Å². The third-order valence-corrected chi connectivity index (χ3v) is 7.18. The van der Waals surface area contributed by atoms with Crippen LogP contribution in [0.3, 0.4) is 0 Å². The summed E-state index contributed by atoms with van der Waals surface area (Å²) < 4.78 is 21.8. The van der Waals surface area contributed by atoms with E-state index in [1.165, 1.54) is 44.6 Å². The normalized spacial score (nSPS) is 13.3. The number of carbonyl (C=O) groups excluding carboxylic acids is 3. The monoisotopic (exact) mass is 564 g/mol. The lowest BCUT2D eigenvalue weighted by Crippen LogP contribution is -2.20. The molecule has 0 unspecified atom stereocenters. The second-order valence-electron chi connectivity index (χ2n) is 10.5. The Balaban J connectivity index is 1.23. The van der Waals surface area contributed by atoms with Crippen LogP contribution in [-0.2, 0) is 14.3 Å². The summed E-state index contributed by atoms with van der Waals surface area (Å²) in [6.45, 7) is 4.50. The summed E-state index contributed by atoms with van der Waals surface area (Å²) in [5.74, 6) is -0.0536. The van der Waals surface area contributed by atoms with Crippen LogP contribution in [0.1, 0.15) is 111 Å². The first kappa shape index (κ1) is 31.9. The molecule has 41 heavy (non-hydrogen) atoms. The molecule has 1 fully saturated rings. The van der Waals surface area contributed by atoms with Crippen molar-refractivity contribution in [3.8, 4) is 11.5 Å². The van der Waals surface area contributed by atoms with Gasteiger partial charge in [0.15, 0.2) is 0 Å². The highest BCUT2D eigenvalue weighted by Crippen LogP contribution is 2.22. The lowest BCUT2D eigenvalue weighted by Gasteiger charge is -2.21. The van der Waals surface area contributed by atoms with Crippen LogP contribution < -0.4 is 9.47 Å². The van der Waals surface area contributed by atoms with Gasteiger partial charge in [0.1, 0.15) is 17.6 Å². The lowest BCUT2D eigenvalue weighted by molar-refractivity contribution is -0.137. The van der Waals surface area contributed by atoms with E-state index >= 15 is 0 Å². The molecule has 0 saturated heterocycles. The number of esters is 3. The number of rotatable bonds is 18. The highest BCUT2D eigenvalue weighted by atomic mass is 16.5. The molecule has 7 nitrogen and oxygen atoms in total. The topological polar surface area (TPSA) is 88.1 Å². The SMILES string of the molecule is C=CC(=O)OCCCCCCCCCCCOc1ccc(C(=O)Oc2ccc(C(=O)OC3CCCCC3)cc2)cc1. The zero-order chi connectivity index (χ0) is 29.1. The highest BCUT2D eigenvalue weighted by molar-refractivity contribution is 5.92. The maximum absolute atomic E-state index is 12.5. The third kappa shape index (κ3) is 12.6. The minimum Gasteiger partial charge on any atom is -0.494 e. The third-order valence-electron chi connectivity index (χ3n) is 7.18. The largest absolute Gasteiger partial charge is 0.494 e. The molecule has 0 N–H and O–H groups in total. The Hall–Kier alpha value is -3.61. The Kier molecular flexibility index (Phi) is 14.5. The fourth-order valence-corrected chi connectivity index (χ4v) is 4.78. The van der Waals surface area contributed by atoms with Gasteiger partial charge in [0.25, 0.3) is 0 Å². The maximum atomic E-state index is 12.5. The first-order valence-electron chi connectivity index (χ1n) is 15.1. The smallest absolute Gasteiger partial charge is 0.343 e. The molecule has 0 aromatic heterocycles. The predicted molar refractivity (Wildman–Crippen MR) is 158 cm³/mol. The van der Waals surface area contributed by atoms with Gasteiger partial charge in [-0.2, -0.15) is 0 Å². The lowest BCUT2D eigenvalue weighted by atomic mass is 9.98. The van der Waals surface area contributed by atoms with E-state index in [1.54, 1.807) is 48.5 Å². The van der Waals surface area contributed by atoms with Crippen molar-refractivity contribution in [1.29, 1.82) is 0 Å². The van der Waals surface area contributed by atoms with Crippen LogP contribution in [0.15, 0.2) is 61.2 Å². The van der Waals surface area contributed by atoms with E-state index in [1.807, 2.05) is 0 Å². The zero-order valence-electron chi connectivity index (χ0n) is 24.2. The van der Waals surface area contributed by atoms with Crippen molar-refractivity contribution >= 4 is 17.9 Å². The van der Waals surface area contributed by atoms with Gasteiger partial charge < -0.3 is 18.9 Å². The van der Waals surface area contributed by atoms with Gasteiger partial charge in [-0.15, -0.1) is 0 Å². The molecule has 1 aliphatic rings. The standard InChI is InChI=1S/C34H44O7/c1-2-32(35)39-26-14-9-7-5-3-4-6-8-13-25-38-29-21-17-27(18-22-29)34(37)41-31-23-19-28(20-24-31)33(36)40-30-15-11-10-12-16-30/h2,17-24,30H,1,3-16,25-26H2. The van der Waals surface area contributed by atoms with Gasteiger partial charge in [0.2, 0.25) is 0 Å². The molecule has 222 valence electrons. The Morgan fingerprint density at radius 3 is 1.76 bits per heavy atom. The van der Waals surface area contributed by atoms with Gasteiger partial charge in [-0.1, -0.05) is 57.9 Å². The minimum absolute atomic E-state index is 0.00172. The van der Waals surface area contributed by atoms with E-state index in [4.69, 9.17) is 18.9 Å². The number of benzene rings is 2. The quantitative estimate of drug-likeness (QED) is 0.0784. The van der Waals surface area contributed by atoms with Crippen LogP contribution in [0, 0.1) is 0 Å². The molecule has 1 saturated carbocycles. The molecule has 0 aliphatic heterocycles. The molecule has 2 aromatic carbocycles. The van der Waals surface area contributed by atoms with Crippen LogP contribution >= 0.6 is 0 Å². The molecule has 7 heteroatoms. The summed E-state index contributed by atoms with van der Waals surface area (Å²) >= 11 is 0. The van der Waals surface area contributed by atoms with Gasteiger partial charge in [-0.25, -0.2) is 14.4 Å². The van der Waals surface area contributed by atoms with Gasteiger partial charge in [-0.3, -0.25) is 0 Å². The van der Waals surface area contributed by atoms with Gasteiger partial charge in [-0.05, 0) is 87.1 Å². The summed E-state index contributed by atoms with van der Waals surface area (Å²) in [7, 11) is 0. The van der Waals surface area contributed by atoms with Gasteiger partial charge >= 0.3 is 17.9 Å². The van der Waals surface area contributed by atoms with Crippen LogP contribution in [0.2, 0.25) is 0 Å². The molecule has 1 aliphatic carbocycles. The van der Waals surface area contributed by atoms with Crippen molar-refractivity contribution in [3.63, 3.8) is 0 Å². The van der Waals surface area contributed by atoms with Gasteiger partial charge in [0, 0.05) is 6.08 Å². The maximum Gasteiger partial charge on any atom is 0.343 e. The molecule has 0 bridgehead atoms. The molecule has 3 rings (SSSR count). The van der Waals surface area contributed by atoms with E-state index in [-0.39, 0.29) is 18.0 Å². The number of hydrogen-bond acceptors (Lipinski definition) is 7. The van der Waals surface area contributed by atoms with E-state index in [0.717, 1.165) is 57.1 Å². The second-order valence-corrected chi connectivity index (χ2v) is 10.5. The number of ether oxygens (including phenoxy) is 4. The molecule has 0 heterocycles. The zero-order valence-corrected chi connectivity index (χ0v) is 24.2. The summed E-state index contributed by atoms with van der Waals surface area (Å²) in [5, 5.41) is 0. The highest BCUT2D eigenvalue weighted by Gasteiger charge is 2.19. The summed E-state index contributed by atoms with van der Waals surface area (Å²) in [6, 6.07) is 13.4. The molecular formula is C34H44O7.